The fourth-order valence-electron chi connectivity index (χ4n) is 1.62. The topological polar surface area (TPSA) is 81.4 Å². The first kappa shape index (κ1) is 12.9. The molecule has 1 aliphatic heterocycles. The molecule has 2 rings (SSSR count). The van der Waals surface area contributed by atoms with Gasteiger partial charge in [0.2, 0.25) is 4.87 Å². The number of benzene rings is 1. The number of aryl methyl sites for hydroxylation is 1. The van der Waals surface area contributed by atoms with E-state index in [1.807, 2.05) is 19.1 Å². The third-order valence-electron chi connectivity index (χ3n) is 2.57. The molecule has 1 unspecified atom stereocenters. The largest absolute Gasteiger partial charge is 0.464 e. The molecule has 1 heterocycles. The zero-order valence-electron chi connectivity index (χ0n) is 10.1. The quantitative estimate of drug-likeness (QED) is 0.622. The first-order chi connectivity index (χ1) is 8.47. The van der Waals surface area contributed by atoms with Crippen molar-refractivity contribution in [2.24, 2.45) is 5.73 Å². The van der Waals surface area contributed by atoms with E-state index in [2.05, 4.69) is 5.32 Å². The Bertz CT molecular complexity index is 518. The van der Waals surface area contributed by atoms with Gasteiger partial charge in [0.15, 0.2) is 0 Å². The van der Waals surface area contributed by atoms with Gasteiger partial charge < -0.3 is 10.1 Å². The number of rotatable bonds is 2. The van der Waals surface area contributed by atoms with Crippen molar-refractivity contribution in [3.63, 3.8) is 0 Å². The molecule has 0 radical (unpaired) electrons. The predicted molar refractivity (Wildman–Crippen MR) is 69.2 cm³/mol. The molecular formula is C12H14N2O3S. The van der Waals surface area contributed by atoms with Crippen LogP contribution in [0.15, 0.2) is 23.1 Å². The van der Waals surface area contributed by atoms with Crippen molar-refractivity contribution in [1.29, 1.82) is 0 Å². The fourth-order valence-corrected chi connectivity index (χ4v) is 2.73. The minimum absolute atomic E-state index is 0.187. The van der Waals surface area contributed by atoms with Crippen LogP contribution in [-0.4, -0.2) is 23.4 Å². The van der Waals surface area contributed by atoms with Gasteiger partial charge in [-0.1, -0.05) is 17.8 Å². The van der Waals surface area contributed by atoms with Crippen LogP contribution in [0.1, 0.15) is 12.5 Å². The van der Waals surface area contributed by atoms with E-state index in [0.29, 0.717) is 5.69 Å². The van der Waals surface area contributed by atoms with E-state index < -0.39 is 16.7 Å². The summed E-state index contributed by atoms with van der Waals surface area (Å²) in [6.07, 6.45) is 0. The number of nitrogens with one attached hydrogen (secondary N) is 1. The number of anilines is 1. The number of amides is 1. The maximum atomic E-state index is 11.9. The molecule has 0 saturated heterocycles. The summed E-state index contributed by atoms with van der Waals surface area (Å²) in [5, 5.41) is 2.63. The molecule has 0 fully saturated rings. The summed E-state index contributed by atoms with van der Waals surface area (Å²) in [5.74, 6) is -1.28. The number of esters is 1. The van der Waals surface area contributed by atoms with E-state index >= 15 is 0 Å². The van der Waals surface area contributed by atoms with Gasteiger partial charge in [0, 0.05) is 4.90 Å². The molecule has 0 bridgehead atoms. The summed E-state index contributed by atoms with van der Waals surface area (Å²) in [5.41, 5.74) is 7.57. The fraction of sp³-hybridized carbons (Fsp3) is 0.333. The van der Waals surface area contributed by atoms with Crippen molar-refractivity contribution in [1.82, 2.24) is 0 Å². The van der Waals surface area contributed by atoms with Crippen molar-refractivity contribution < 1.29 is 14.3 Å². The average Bonchev–Trinajstić information content (AvgIpc) is 2.31. The minimum atomic E-state index is -1.71. The first-order valence-electron chi connectivity index (χ1n) is 5.54. The van der Waals surface area contributed by atoms with E-state index in [-0.39, 0.29) is 6.61 Å². The minimum Gasteiger partial charge on any atom is -0.464 e. The average molecular weight is 266 g/mol. The zero-order valence-corrected chi connectivity index (χ0v) is 11.0. The highest BCUT2D eigenvalue weighted by Crippen LogP contribution is 2.40. The van der Waals surface area contributed by atoms with Gasteiger partial charge in [0.25, 0.3) is 5.91 Å². The molecule has 6 heteroatoms. The van der Waals surface area contributed by atoms with Crippen LogP contribution < -0.4 is 11.1 Å². The van der Waals surface area contributed by atoms with Crippen LogP contribution in [0, 0.1) is 6.92 Å². The molecule has 96 valence electrons. The number of carbonyl (C=O) groups excluding carboxylic acids is 2. The highest BCUT2D eigenvalue weighted by Gasteiger charge is 2.48. The van der Waals surface area contributed by atoms with E-state index in [1.54, 1.807) is 13.0 Å². The van der Waals surface area contributed by atoms with Crippen molar-refractivity contribution >= 4 is 29.3 Å². The molecule has 3 N–H and O–H groups in total. The lowest BCUT2D eigenvalue weighted by Gasteiger charge is -2.30. The van der Waals surface area contributed by atoms with E-state index in [4.69, 9.17) is 10.5 Å². The van der Waals surface area contributed by atoms with Gasteiger partial charge in [0.1, 0.15) is 0 Å². The lowest BCUT2D eigenvalue weighted by molar-refractivity contribution is -0.148. The van der Waals surface area contributed by atoms with E-state index in [0.717, 1.165) is 22.2 Å². The van der Waals surface area contributed by atoms with Crippen LogP contribution in [0.5, 0.6) is 0 Å². The summed E-state index contributed by atoms with van der Waals surface area (Å²) in [6, 6.07) is 5.55. The summed E-state index contributed by atoms with van der Waals surface area (Å²) >= 11 is 1.02. The molecule has 1 aliphatic rings. The van der Waals surface area contributed by atoms with Crippen molar-refractivity contribution in [3.05, 3.63) is 23.8 Å². The van der Waals surface area contributed by atoms with Crippen LogP contribution >= 0.6 is 11.8 Å². The molecule has 0 aliphatic carbocycles. The normalized spacial score (nSPS) is 22.1. The van der Waals surface area contributed by atoms with Crippen molar-refractivity contribution in [3.8, 4) is 0 Å². The molecule has 0 spiro atoms. The predicted octanol–water partition coefficient (Wildman–Crippen LogP) is 1.26. The maximum absolute atomic E-state index is 11.9. The lowest BCUT2D eigenvalue weighted by Crippen LogP contribution is -2.57. The molecule has 5 nitrogen and oxygen atoms in total. The summed E-state index contributed by atoms with van der Waals surface area (Å²) in [4.78, 5) is 22.8. The van der Waals surface area contributed by atoms with Gasteiger partial charge in [-0.25, -0.2) is 4.79 Å². The molecule has 1 aromatic rings. The Labute approximate surface area is 109 Å². The Balaban J connectivity index is 2.37. The molecule has 1 amide bonds. The van der Waals surface area contributed by atoms with Gasteiger partial charge in [-0.3, -0.25) is 10.5 Å². The smallest absolute Gasteiger partial charge is 0.347 e. The second-order valence-electron chi connectivity index (χ2n) is 4.01. The zero-order chi connectivity index (χ0) is 13.3. The third-order valence-corrected chi connectivity index (χ3v) is 3.80. The number of ether oxygens (including phenoxy) is 1. The molecule has 1 atom stereocenters. The Morgan fingerprint density at radius 3 is 2.94 bits per heavy atom. The summed E-state index contributed by atoms with van der Waals surface area (Å²) < 4.78 is 4.85. The number of hydrogen-bond donors (Lipinski definition) is 2. The van der Waals surface area contributed by atoms with Crippen LogP contribution in [0.2, 0.25) is 0 Å². The van der Waals surface area contributed by atoms with Crippen LogP contribution in [0.25, 0.3) is 0 Å². The van der Waals surface area contributed by atoms with Gasteiger partial charge in [-0.05, 0) is 31.5 Å². The SMILES string of the molecule is CCOC(=O)C1(N)Sc2cc(C)ccc2NC1=O. The first-order valence-corrected chi connectivity index (χ1v) is 6.36. The molecular weight excluding hydrogens is 252 g/mol. The van der Waals surface area contributed by atoms with Gasteiger partial charge in [-0.2, -0.15) is 0 Å². The molecule has 0 saturated carbocycles. The van der Waals surface area contributed by atoms with Gasteiger partial charge in [-0.15, -0.1) is 0 Å². The number of carbonyl (C=O) groups is 2. The molecule has 1 aromatic carbocycles. The van der Waals surface area contributed by atoms with Crippen molar-refractivity contribution in [2.75, 3.05) is 11.9 Å². The van der Waals surface area contributed by atoms with Crippen LogP contribution in [0.4, 0.5) is 5.69 Å². The highest BCUT2D eigenvalue weighted by molar-refractivity contribution is 8.02. The second-order valence-corrected chi connectivity index (χ2v) is 5.30. The van der Waals surface area contributed by atoms with Crippen molar-refractivity contribution in [2.45, 2.75) is 23.6 Å². The lowest BCUT2D eigenvalue weighted by atomic mass is 10.2. The Morgan fingerprint density at radius 1 is 1.56 bits per heavy atom. The molecule has 0 aromatic heterocycles. The second kappa shape index (κ2) is 4.62. The number of thioether (sulfide) groups is 1. The number of hydrogen-bond acceptors (Lipinski definition) is 5. The van der Waals surface area contributed by atoms with Crippen LogP contribution in [0.3, 0.4) is 0 Å². The third kappa shape index (κ3) is 2.09. The Kier molecular flexibility index (Phi) is 3.32. The Hall–Kier alpha value is -1.53. The van der Waals surface area contributed by atoms with Gasteiger partial charge >= 0.3 is 5.97 Å². The van der Waals surface area contributed by atoms with E-state index in [1.165, 1.54) is 0 Å². The monoisotopic (exact) mass is 266 g/mol. The highest BCUT2D eigenvalue weighted by atomic mass is 32.2. The standard InChI is InChI=1S/C12H14N2O3S/c1-3-17-11(16)12(13)10(15)14-8-5-4-7(2)6-9(8)18-12/h4-6H,3,13H2,1-2H3,(H,14,15). The Morgan fingerprint density at radius 2 is 2.28 bits per heavy atom. The maximum Gasteiger partial charge on any atom is 0.347 e. The summed E-state index contributed by atoms with van der Waals surface area (Å²) in [6.45, 7) is 3.79. The number of fused-ring (bicyclic) bond motifs is 1. The molecule has 18 heavy (non-hydrogen) atoms. The van der Waals surface area contributed by atoms with Gasteiger partial charge in [0.05, 0.1) is 12.3 Å². The summed E-state index contributed by atoms with van der Waals surface area (Å²) in [7, 11) is 0. The number of nitrogens with two attached hydrogens (primary N) is 1. The van der Waals surface area contributed by atoms with E-state index in [9.17, 15) is 9.59 Å². The van der Waals surface area contributed by atoms with Crippen LogP contribution in [-0.2, 0) is 14.3 Å².